The van der Waals surface area contributed by atoms with Gasteiger partial charge in [-0.05, 0) is 30.6 Å². The minimum Gasteiger partial charge on any atom is -0.329 e. The standard InChI is InChI=1S/C11H14ClN3S/c1-7(2)3-4-15-10-9(14-11(15)16)5-8(12)6-13-10/h5-7H,3-4H2,1-2H3,(H,14,16). The number of nitrogens with zero attached hydrogens (tertiary/aromatic N) is 2. The van der Waals surface area contributed by atoms with Gasteiger partial charge in [-0.3, -0.25) is 0 Å². The summed E-state index contributed by atoms with van der Waals surface area (Å²) in [5, 5.41) is 0.625. The summed E-state index contributed by atoms with van der Waals surface area (Å²) in [5.74, 6) is 0.652. The Balaban J connectivity index is 2.44. The van der Waals surface area contributed by atoms with E-state index in [9.17, 15) is 0 Å². The number of aromatic amines is 1. The van der Waals surface area contributed by atoms with Crippen molar-refractivity contribution >= 4 is 35.0 Å². The summed E-state index contributed by atoms with van der Waals surface area (Å²) in [6.07, 6.45) is 2.74. The van der Waals surface area contributed by atoms with Crippen molar-refractivity contribution in [2.45, 2.75) is 26.8 Å². The number of aromatic nitrogens is 3. The van der Waals surface area contributed by atoms with E-state index in [1.165, 1.54) is 0 Å². The van der Waals surface area contributed by atoms with Crippen LogP contribution in [0.3, 0.4) is 0 Å². The Hall–Kier alpha value is -0.870. The van der Waals surface area contributed by atoms with E-state index < -0.39 is 0 Å². The molecule has 0 aliphatic carbocycles. The van der Waals surface area contributed by atoms with E-state index in [1.54, 1.807) is 6.20 Å². The molecular weight excluding hydrogens is 242 g/mol. The zero-order chi connectivity index (χ0) is 11.7. The Kier molecular flexibility index (Phi) is 3.30. The van der Waals surface area contributed by atoms with Gasteiger partial charge in [-0.2, -0.15) is 0 Å². The summed E-state index contributed by atoms with van der Waals surface area (Å²) in [4.78, 5) is 7.44. The van der Waals surface area contributed by atoms with Crippen molar-refractivity contribution in [1.82, 2.24) is 14.5 Å². The van der Waals surface area contributed by atoms with Crippen LogP contribution < -0.4 is 0 Å². The fourth-order valence-corrected chi connectivity index (χ4v) is 2.06. The molecule has 0 atom stereocenters. The average molecular weight is 256 g/mol. The van der Waals surface area contributed by atoms with E-state index in [4.69, 9.17) is 23.8 Å². The molecule has 0 aliphatic rings. The van der Waals surface area contributed by atoms with Gasteiger partial charge in [0.05, 0.1) is 10.5 Å². The van der Waals surface area contributed by atoms with Crippen molar-refractivity contribution in [3.8, 4) is 0 Å². The third-order valence-electron chi connectivity index (χ3n) is 2.51. The molecule has 2 aromatic heterocycles. The van der Waals surface area contributed by atoms with Crippen LogP contribution in [0.4, 0.5) is 0 Å². The Labute approximate surface area is 104 Å². The highest BCUT2D eigenvalue weighted by Crippen LogP contribution is 2.17. The van der Waals surface area contributed by atoms with Crippen LogP contribution in [-0.2, 0) is 6.54 Å². The maximum atomic E-state index is 5.88. The molecule has 2 rings (SSSR count). The van der Waals surface area contributed by atoms with Crippen LogP contribution in [0.5, 0.6) is 0 Å². The number of pyridine rings is 1. The molecule has 0 fully saturated rings. The molecule has 0 aliphatic heterocycles. The molecule has 0 radical (unpaired) electrons. The molecule has 86 valence electrons. The number of hydrogen-bond donors (Lipinski definition) is 1. The first-order valence-corrected chi connectivity index (χ1v) is 6.10. The Morgan fingerprint density at radius 3 is 3.00 bits per heavy atom. The van der Waals surface area contributed by atoms with Gasteiger partial charge < -0.3 is 9.55 Å². The quantitative estimate of drug-likeness (QED) is 0.847. The van der Waals surface area contributed by atoms with Crippen LogP contribution in [0, 0.1) is 10.7 Å². The van der Waals surface area contributed by atoms with Crippen LogP contribution in [-0.4, -0.2) is 14.5 Å². The average Bonchev–Trinajstić information content (AvgIpc) is 2.50. The van der Waals surface area contributed by atoms with Crippen LogP contribution in [0.15, 0.2) is 12.3 Å². The zero-order valence-corrected chi connectivity index (χ0v) is 10.9. The lowest BCUT2D eigenvalue weighted by atomic mass is 10.1. The Bertz CT molecular complexity index is 556. The lowest BCUT2D eigenvalue weighted by Gasteiger charge is -2.06. The van der Waals surface area contributed by atoms with Gasteiger partial charge >= 0.3 is 0 Å². The highest BCUT2D eigenvalue weighted by molar-refractivity contribution is 7.71. The van der Waals surface area contributed by atoms with E-state index in [-0.39, 0.29) is 0 Å². The van der Waals surface area contributed by atoms with Crippen LogP contribution in [0.2, 0.25) is 5.02 Å². The van der Waals surface area contributed by atoms with Gasteiger partial charge in [-0.1, -0.05) is 25.4 Å². The second kappa shape index (κ2) is 4.55. The largest absolute Gasteiger partial charge is 0.329 e. The minimum atomic E-state index is 0.625. The molecule has 16 heavy (non-hydrogen) atoms. The number of imidazole rings is 1. The van der Waals surface area contributed by atoms with Gasteiger partial charge in [0.1, 0.15) is 0 Å². The molecule has 0 saturated heterocycles. The number of hydrogen-bond acceptors (Lipinski definition) is 2. The summed E-state index contributed by atoms with van der Waals surface area (Å²) >= 11 is 11.2. The lowest BCUT2D eigenvalue weighted by molar-refractivity contribution is 0.518. The zero-order valence-electron chi connectivity index (χ0n) is 9.33. The van der Waals surface area contributed by atoms with E-state index in [0.29, 0.717) is 15.7 Å². The van der Waals surface area contributed by atoms with Crippen molar-refractivity contribution in [2.24, 2.45) is 5.92 Å². The molecule has 0 spiro atoms. The van der Waals surface area contributed by atoms with Crippen molar-refractivity contribution in [2.75, 3.05) is 0 Å². The molecule has 2 heterocycles. The number of halogens is 1. The van der Waals surface area contributed by atoms with E-state index in [2.05, 4.69) is 23.8 Å². The highest BCUT2D eigenvalue weighted by Gasteiger charge is 2.06. The normalized spacial score (nSPS) is 11.5. The molecule has 2 aromatic rings. The Morgan fingerprint density at radius 1 is 1.56 bits per heavy atom. The predicted octanol–water partition coefficient (Wildman–Crippen LogP) is 3.79. The SMILES string of the molecule is CC(C)CCn1c(=S)[nH]c2cc(Cl)cnc21. The molecule has 0 amide bonds. The highest BCUT2D eigenvalue weighted by atomic mass is 35.5. The topological polar surface area (TPSA) is 33.6 Å². The van der Waals surface area contributed by atoms with E-state index in [0.717, 1.165) is 24.1 Å². The molecule has 1 N–H and O–H groups in total. The van der Waals surface area contributed by atoms with E-state index in [1.807, 2.05) is 10.6 Å². The number of aryl methyl sites for hydroxylation is 1. The maximum absolute atomic E-state index is 5.88. The third kappa shape index (κ3) is 2.28. The van der Waals surface area contributed by atoms with Crippen molar-refractivity contribution < 1.29 is 0 Å². The predicted molar refractivity (Wildman–Crippen MR) is 69.4 cm³/mol. The fraction of sp³-hybridized carbons (Fsp3) is 0.455. The number of H-pyrrole nitrogens is 1. The molecular formula is C11H14ClN3S. The first-order chi connectivity index (χ1) is 7.58. The maximum Gasteiger partial charge on any atom is 0.179 e. The summed E-state index contributed by atoms with van der Waals surface area (Å²) in [5.41, 5.74) is 1.79. The first-order valence-electron chi connectivity index (χ1n) is 5.32. The van der Waals surface area contributed by atoms with Crippen molar-refractivity contribution in [3.05, 3.63) is 22.1 Å². The van der Waals surface area contributed by atoms with Gasteiger partial charge in [-0.25, -0.2) is 4.98 Å². The molecule has 0 aromatic carbocycles. The summed E-state index contributed by atoms with van der Waals surface area (Å²) in [6.45, 7) is 5.29. The molecule has 3 nitrogen and oxygen atoms in total. The van der Waals surface area contributed by atoms with Crippen LogP contribution >= 0.6 is 23.8 Å². The first kappa shape index (κ1) is 11.6. The fourth-order valence-electron chi connectivity index (χ4n) is 1.61. The van der Waals surface area contributed by atoms with Gasteiger partial charge in [0.2, 0.25) is 0 Å². The van der Waals surface area contributed by atoms with E-state index >= 15 is 0 Å². The minimum absolute atomic E-state index is 0.625. The summed E-state index contributed by atoms with van der Waals surface area (Å²) in [6, 6.07) is 1.85. The number of rotatable bonds is 3. The lowest BCUT2D eigenvalue weighted by Crippen LogP contribution is -2.02. The van der Waals surface area contributed by atoms with Gasteiger partial charge in [-0.15, -0.1) is 0 Å². The second-order valence-electron chi connectivity index (χ2n) is 4.29. The smallest absolute Gasteiger partial charge is 0.179 e. The molecule has 0 unspecified atom stereocenters. The van der Waals surface area contributed by atoms with Crippen LogP contribution in [0.1, 0.15) is 20.3 Å². The molecule has 5 heteroatoms. The molecule has 0 saturated carbocycles. The monoisotopic (exact) mass is 255 g/mol. The van der Waals surface area contributed by atoms with Crippen molar-refractivity contribution in [1.29, 1.82) is 0 Å². The number of fused-ring (bicyclic) bond motifs is 1. The number of nitrogens with one attached hydrogen (secondary N) is 1. The van der Waals surface area contributed by atoms with Gasteiger partial charge in [0.15, 0.2) is 10.4 Å². The van der Waals surface area contributed by atoms with Gasteiger partial charge in [0, 0.05) is 12.7 Å². The summed E-state index contributed by atoms with van der Waals surface area (Å²) in [7, 11) is 0. The van der Waals surface area contributed by atoms with Crippen LogP contribution in [0.25, 0.3) is 11.2 Å². The van der Waals surface area contributed by atoms with Crippen molar-refractivity contribution in [3.63, 3.8) is 0 Å². The van der Waals surface area contributed by atoms with Gasteiger partial charge in [0.25, 0.3) is 0 Å². The second-order valence-corrected chi connectivity index (χ2v) is 5.11. The third-order valence-corrected chi connectivity index (χ3v) is 3.03. The molecule has 0 bridgehead atoms. The summed E-state index contributed by atoms with van der Waals surface area (Å²) < 4.78 is 2.74. The Morgan fingerprint density at radius 2 is 2.31 bits per heavy atom.